The molecule has 1 saturated heterocycles. The van der Waals surface area contributed by atoms with Gasteiger partial charge < -0.3 is 15.4 Å². The molecule has 5 heteroatoms. The molecule has 28 heavy (non-hydrogen) atoms. The van der Waals surface area contributed by atoms with Gasteiger partial charge in [-0.15, -0.1) is 0 Å². The highest BCUT2D eigenvalue weighted by Crippen LogP contribution is 2.24. The van der Waals surface area contributed by atoms with E-state index in [1.807, 2.05) is 53.4 Å². The van der Waals surface area contributed by atoms with Gasteiger partial charge >= 0.3 is 0 Å². The third-order valence-electron chi connectivity index (χ3n) is 5.34. The van der Waals surface area contributed by atoms with Crippen molar-refractivity contribution in [3.05, 3.63) is 59.7 Å². The van der Waals surface area contributed by atoms with E-state index in [1.54, 1.807) is 7.11 Å². The standard InChI is InChI=1S/C23H28N2O3/c1-28-15-13-21-4-2-3-14-25(21)23(27)20-11-9-19(10-12-20)18-7-5-17(6-8-18)16-22(24)26/h5-12,21H,2-4,13-16H2,1H3,(H2,24,26)/t21-/m0/s1. The summed E-state index contributed by atoms with van der Waals surface area (Å²) in [7, 11) is 1.70. The third kappa shape index (κ3) is 4.98. The second-order valence-electron chi connectivity index (χ2n) is 7.35. The molecule has 0 bridgehead atoms. The van der Waals surface area contributed by atoms with Crippen LogP contribution in [-0.4, -0.2) is 43.0 Å². The number of benzene rings is 2. The minimum Gasteiger partial charge on any atom is -0.385 e. The summed E-state index contributed by atoms with van der Waals surface area (Å²) in [6.45, 7) is 1.50. The normalized spacial score (nSPS) is 16.8. The maximum absolute atomic E-state index is 13.0. The van der Waals surface area contributed by atoms with E-state index >= 15 is 0 Å². The summed E-state index contributed by atoms with van der Waals surface area (Å²) in [5.74, 6) is -0.235. The molecule has 1 fully saturated rings. The van der Waals surface area contributed by atoms with Crippen LogP contribution in [0.5, 0.6) is 0 Å². The van der Waals surface area contributed by atoms with Crippen LogP contribution in [-0.2, 0) is 16.0 Å². The fourth-order valence-corrected chi connectivity index (χ4v) is 3.81. The molecule has 2 aromatic carbocycles. The number of primary amides is 1. The van der Waals surface area contributed by atoms with Gasteiger partial charge in [0.25, 0.3) is 5.91 Å². The summed E-state index contributed by atoms with van der Waals surface area (Å²) in [5.41, 5.74) is 8.94. The largest absolute Gasteiger partial charge is 0.385 e. The Morgan fingerprint density at radius 3 is 2.29 bits per heavy atom. The molecule has 1 aliphatic heterocycles. The molecule has 1 atom stereocenters. The van der Waals surface area contributed by atoms with Gasteiger partial charge in [0.1, 0.15) is 0 Å². The first-order chi connectivity index (χ1) is 13.6. The van der Waals surface area contributed by atoms with Crippen LogP contribution >= 0.6 is 0 Å². The zero-order valence-electron chi connectivity index (χ0n) is 16.4. The zero-order chi connectivity index (χ0) is 19.9. The van der Waals surface area contributed by atoms with Crippen molar-refractivity contribution >= 4 is 11.8 Å². The predicted octanol–water partition coefficient (Wildman–Crippen LogP) is 3.41. The third-order valence-corrected chi connectivity index (χ3v) is 5.34. The monoisotopic (exact) mass is 380 g/mol. The van der Waals surface area contributed by atoms with Crippen molar-refractivity contribution in [2.24, 2.45) is 5.73 Å². The van der Waals surface area contributed by atoms with Crippen LogP contribution in [0.3, 0.4) is 0 Å². The fourth-order valence-electron chi connectivity index (χ4n) is 3.81. The first-order valence-electron chi connectivity index (χ1n) is 9.86. The lowest BCUT2D eigenvalue weighted by molar-refractivity contribution is -0.117. The Balaban J connectivity index is 1.70. The number of ether oxygens (including phenoxy) is 1. The van der Waals surface area contributed by atoms with Gasteiger partial charge in [0.05, 0.1) is 6.42 Å². The molecule has 0 unspecified atom stereocenters. The number of amides is 2. The average molecular weight is 380 g/mol. The number of nitrogens with zero attached hydrogens (tertiary/aromatic N) is 1. The van der Waals surface area contributed by atoms with Gasteiger partial charge in [0.2, 0.25) is 5.91 Å². The second-order valence-corrected chi connectivity index (χ2v) is 7.35. The fraction of sp³-hybridized carbons (Fsp3) is 0.391. The van der Waals surface area contributed by atoms with E-state index in [0.717, 1.165) is 48.1 Å². The summed E-state index contributed by atoms with van der Waals surface area (Å²) < 4.78 is 5.21. The zero-order valence-corrected chi connectivity index (χ0v) is 16.4. The molecule has 5 nitrogen and oxygen atoms in total. The number of hydrogen-bond acceptors (Lipinski definition) is 3. The van der Waals surface area contributed by atoms with E-state index < -0.39 is 0 Å². The number of methoxy groups -OCH3 is 1. The molecule has 2 aromatic rings. The first kappa shape index (κ1) is 20.1. The van der Waals surface area contributed by atoms with Gasteiger partial charge in [-0.25, -0.2) is 0 Å². The minimum atomic E-state index is -0.336. The van der Waals surface area contributed by atoms with Gasteiger partial charge in [-0.2, -0.15) is 0 Å². The summed E-state index contributed by atoms with van der Waals surface area (Å²) in [6.07, 6.45) is 4.41. The van der Waals surface area contributed by atoms with E-state index in [2.05, 4.69) is 0 Å². The highest BCUT2D eigenvalue weighted by molar-refractivity contribution is 5.95. The first-order valence-corrected chi connectivity index (χ1v) is 9.86. The van der Waals surface area contributed by atoms with Crippen LogP contribution in [0.15, 0.2) is 48.5 Å². The summed E-state index contributed by atoms with van der Waals surface area (Å²) >= 11 is 0. The van der Waals surface area contributed by atoms with Crippen LogP contribution in [0, 0.1) is 0 Å². The summed E-state index contributed by atoms with van der Waals surface area (Å²) in [5, 5.41) is 0. The number of carbonyl (C=O) groups excluding carboxylic acids is 2. The van der Waals surface area contributed by atoms with Crippen molar-refractivity contribution in [3.63, 3.8) is 0 Å². The number of nitrogens with two attached hydrogens (primary N) is 1. The smallest absolute Gasteiger partial charge is 0.254 e. The number of rotatable bonds is 7. The Morgan fingerprint density at radius 1 is 1.04 bits per heavy atom. The Bertz CT molecular complexity index is 800. The molecule has 0 saturated carbocycles. The highest BCUT2D eigenvalue weighted by atomic mass is 16.5. The maximum Gasteiger partial charge on any atom is 0.254 e. The quantitative estimate of drug-likeness (QED) is 0.800. The molecule has 1 aliphatic rings. The van der Waals surface area contributed by atoms with E-state index in [9.17, 15) is 9.59 Å². The van der Waals surface area contributed by atoms with Crippen LogP contribution in [0.4, 0.5) is 0 Å². The molecule has 0 radical (unpaired) electrons. The van der Waals surface area contributed by atoms with Crippen molar-refractivity contribution in [1.82, 2.24) is 4.90 Å². The Morgan fingerprint density at radius 2 is 1.68 bits per heavy atom. The SMILES string of the molecule is COCC[C@@H]1CCCCN1C(=O)c1ccc(-c2ccc(CC(N)=O)cc2)cc1. The predicted molar refractivity (Wildman–Crippen MR) is 110 cm³/mol. The van der Waals surface area contributed by atoms with Crippen molar-refractivity contribution in [3.8, 4) is 11.1 Å². The van der Waals surface area contributed by atoms with E-state index in [1.165, 1.54) is 6.42 Å². The van der Waals surface area contributed by atoms with Gasteiger partial charge in [0.15, 0.2) is 0 Å². The van der Waals surface area contributed by atoms with E-state index in [4.69, 9.17) is 10.5 Å². The Kier molecular flexibility index (Phi) is 6.82. The van der Waals surface area contributed by atoms with Gasteiger partial charge in [0, 0.05) is 31.9 Å². The van der Waals surface area contributed by atoms with Crippen LogP contribution in [0.1, 0.15) is 41.6 Å². The van der Waals surface area contributed by atoms with Crippen molar-refractivity contribution < 1.29 is 14.3 Å². The lowest BCUT2D eigenvalue weighted by Gasteiger charge is -2.36. The molecule has 2 N–H and O–H groups in total. The minimum absolute atomic E-state index is 0.101. The van der Waals surface area contributed by atoms with E-state index in [0.29, 0.717) is 6.61 Å². The van der Waals surface area contributed by atoms with Crippen LogP contribution in [0.2, 0.25) is 0 Å². The van der Waals surface area contributed by atoms with Crippen LogP contribution in [0.25, 0.3) is 11.1 Å². The molecular formula is C23H28N2O3. The molecule has 1 heterocycles. The van der Waals surface area contributed by atoms with Crippen molar-refractivity contribution in [2.75, 3.05) is 20.3 Å². The second kappa shape index (κ2) is 9.51. The Labute approximate surface area is 166 Å². The molecule has 2 amide bonds. The summed E-state index contributed by atoms with van der Waals surface area (Å²) in [6, 6.07) is 15.8. The van der Waals surface area contributed by atoms with E-state index in [-0.39, 0.29) is 24.3 Å². The lowest BCUT2D eigenvalue weighted by Crippen LogP contribution is -2.44. The number of likely N-dealkylation sites (tertiary alicyclic amines) is 1. The van der Waals surface area contributed by atoms with Gasteiger partial charge in [-0.05, 0) is 54.5 Å². The highest BCUT2D eigenvalue weighted by Gasteiger charge is 2.27. The van der Waals surface area contributed by atoms with Gasteiger partial charge in [-0.1, -0.05) is 36.4 Å². The topological polar surface area (TPSA) is 72.6 Å². The number of piperidine rings is 1. The van der Waals surface area contributed by atoms with Gasteiger partial charge in [-0.3, -0.25) is 9.59 Å². The number of hydrogen-bond donors (Lipinski definition) is 1. The molecular weight excluding hydrogens is 352 g/mol. The van der Waals surface area contributed by atoms with Crippen molar-refractivity contribution in [2.45, 2.75) is 38.1 Å². The van der Waals surface area contributed by atoms with Crippen molar-refractivity contribution in [1.29, 1.82) is 0 Å². The average Bonchev–Trinajstić information content (AvgIpc) is 2.72. The Hall–Kier alpha value is -2.66. The molecule has 0 spiro atoms. The number of carbonyl (C=O) groups is 2. The summed E-state index contributed by atoms with van der Waals surface area (Å²) in [4.78, 5) is 26.0. The molecule has 148 valence electrons. The molecule has 3 rings (SSSR count). The molecule has 0 aromatic heterocycles. The molecule has 0 aliphatic carbocycles. The lowest BCUT2D eigenvalue weighted by atomic mass is 9.97. The van der Waals surface area contributed by atoms with Crippen LogP contribution < -0.4 is 5.73 Å². The maximum atomic E-state index is 13.0.